The van der Waals surface area contributed by atoms with Crippen LogP contribution in [0.25, 0.3) is 0 Å². The number of aromatic amines is 1. The fraction of sp³-hybridized carbons (Fsp3) is 0.750. The molecule has 0 amide bonds. The Morgan fingerprint density at radius 3 is 1.93 bits per heavy atom. The molecule has 4 N–H and O–H groups in total. The van der Waals surface area contributed by atoms with Gasteiger partial charge in [-0.1, -0.05) is 65.1 Å². The molecule has 13 nitrogen and oxygen atoms in total. The van der Waals surface area contributed by atoms with Gasteiger partial charge in [-0.2, -0.15) is 0 Å². The Morgan fingerprint density at radius 1 is 1.05 bits per heavy atom. The highest BCUT2D eigenvalue weighted by molar-refractivity contribution is 8.14. The van der Waals surface area contributed by atoms with Crippen molar-refractivity contribution in [2.24, 2.45) is 16.6 Å². The monoisotopic (exact) mass is 645 g/mol. The van der Waals surface area contributed by atoms with E-state index in [9.17, 15) is 28.8 Å². The molecule has 1 rings (SSSR count). The average molecular weight is 646 g/mol. The first-order valence-corrected chi connectivity index (χ1v) is 16.0. The van der Waals surface area contributed by atoms with E-state index < -0.39 is 61.1 Å². The number of carbonyl (C=O) groups excluding carboxylic acids is 2. The number of H-pyrrole nitrogens is 1. The number of halogens is 1. The van der Waals surface area contributed by atoms with Crippen LogP contribution in [0, 0.1) is 10.8 Å². The van der Waals surface area contributed by atoms with Crippen molar-refractivity contribution in [2.75, 3.05) is 45.0 Å². The normalized spacial score (nSPS) is 15.8. The zero-order valence-corrected chi connectivity index (χ0v) is 26.9. The molecule has 1 aromatic heterocycles. The summed E-state index contributed by atoms with van der Waals surface area (Å²) in [6.07, 6.45) is -3.75. The van der Waals surface area contributed by atoms with E-state index in [0.29, 0.717) is 4.57 Å². The van der Waals surface area contributed by atoms with Crippen molar-refractivity contribution >= 4 is 41.6 Å². The van der Waals surface area contributed by atoms with E-state index in [1.54, 1.807) is 41.5 Å². The van der Waals surface area contributed by atoms with Gasteiger partial charge in [-0.05, 0) is 0 Å². The van der Waals surface area contributed by atoms with Crippen LogP contribution >= 0.6 is 31.3 Å². The van der Waals surface area contributed by atoms with E-state index in [4.69, 9.17) is 24.0 Å². The number of nitrogens with two attached hydrogens (primary N) is 1. The van der Waals surface area contributed by atoms with Crippen LogP contribution in [0.2, 0.25) is 0 Å². The number of aliphatic hydroxyl groups excluding tert-OH is 1. The maximum atomic E-state index is 15.2. The third kappa shape index (κ3) is 11.7. The molecule has 0 aliphatic carbocycles. The molecule has 0 spiro atoms. The van der Waals surface area contributed by atoms with Crippen LogP contribution in [0.1, 0.15) is 47.8 Å². The molecule has 17 heteroatoms. The van der Waals surface area contributed by atoms with E-state index in [2.05, 4.69) is 0 Å². The Kier molecular flexibility index (Phi) is 14.6. The minimum absolute atomic E-state index is 0.112. The molecule has 1 heterocycles. The van der Waals surface area contributed by atoms with E-state index in [-0.39, 0.29) is 35.0 Å². The second kappa shape index (κ2) is 15.9. The van der Waals surface area contributed by atoms with E-state index in [1.807, 2.05) is 4.98 Å². The maximum Gasteiger partial charge on any atom is 0.474 e. The van der Waals surface area contributed by atoms with Gasteiger partial charge in [-0.25, -0.2) is 13.8 Å². The maximum absolute atomic E-state index is 15.2. The second-order valence-electron chi connectivity index (χ2n) is 11.0. The van der Waals surface area contributed by atoms with Gasteiger partial charge in [0.25, 0.3) is 5.56 Å². The van der Waals surface area contributed by atoms with Gasteiger partial charge < -0.3 is 15.6 Å². The number of methoxy groups -OCH3 is 1. The number of carbonyl (C=O) groups is 2. The van der Waals surface area contributed by atoms with Crippen molar-refractivity contribution in [3.8, 4) is 0 Å². The quantitative estimate of drug-likeness (QED) is 0.176. The number of ether oxygens (including phenoxy) is 1. The van der Waals surface area contributed by atoms with Crippen molar-refractivity contribution in [2.45, 2.75) is 59.5 Å². The molecule has 0 saturated heterocycles. The van der Waals surface area contributed by atoms with Gasteiger partial charge in [0.1, 0.15) is 11.7 Å². The zero-order valence-electron chi connectivity index (χ0n) is 24.3. The number of aliphatic hydroxyl groups is 1. The van der Waals surface area contributed by atoms with Crippen LogP contribution in [0.15, 0.2) is 21.9 Å². The number of hydrogen-bond donors (Lipinski definition) is 3. The van der Waals surface area contributed by atoms with E-state index >= 15 is 4.39 Å². The molecule has 0 unspecified atom stereocenters. The zero-order chi connectivity index (χ0) is 31.6. The summed E-state index contributed by atoms with van der Waals surface area (Å²) in [6, 6.07) is 0.884. The summed E-state index contributed by atoms with van der Waals surface area (Å²) in [5, 5.41) is 10.6. The molecule has 0 aliphatic rings. The third-order valence-corrected chi connectivity index (χ3v) is 9.43. The van der Waals surface area contributed by atoms with Crippen LogP contribution in [0.5, 0.6) is 0 Å². The van der Waals surface area contributed by atoms with Crippen LogP contribution in [0.4, 0.5) is 4.39 Å². The molecule has 0 saturated carbocycles. The molecule has 0 bridgehead atoms. The largest absolute Gasteiger partial charge is 0.474 e. The number of phosphoric ester groups is 1. The molecule has 0 aliphatic heterocycles. The Balaban J connectivity index is 3.07. The van der Waals surface area contributed by atoms with Gasteiger partial charge in [-0.15, -0.1) is 0 Å². The summed E-state index contributed by atoms with van der Waals surface area (Å²) in [6.45, 7) is 8.66. The third-order valence-electron chi connectivity index (χ3n) is 5.49. The summed E-state index contributed by atoms with van der Waals surface area (Å²) < 4.78 is 50.7. The minimum atomic E-state index is -4.44. The van der Waals surface area contributed by atoms with Crippen LogP contribution in [-0.4, -0.2) is 81.6 Å². The predicted octanol–water partition coefficient (Wildman–Crippen LogP) is 2.48. The molecular weight excluding hydrogens is 604 g/mol. The number of rotatable bonds is 16. The van der Waals surface area contributed by atoms with Crippen molar-refractivity contribution in [3.05, 3.63) is 33.1 Å². The fourth-order valence-electron chi connectivity index (χ4n) is 2.85. The summed E-state index contributed by atoms with van der Waals surface area (Å²) in [7, 11) is -3.34. The molecule has 3 atom stereocenters. The first kappa shape index (κ1) is 37.7. The van der Waals surface area contributed by atoms with Gasteiger partial charge in [-0.3, -0.25) is 37.5 Å². The van der Waals surface area contributed by atoms with Crippen LogP contribution in [-0.2, 0) is 32.5 Å². The number of aromatic nitrogens is 2. The van der Waals surface area contributed by atoms with Gasteiger partial charge in [0.15, 0.2) is 10.2 Å². The molecule has 0 radical (unpaired) electrons. The van der Waals surface area contributed by atoms with Crippen molar-refractivity contribution in [1.82, 2.24) is 9.55 Å². The fourth-order valence-corrected chi connectivity index (χ4v) is 5.90. The molecular formula is C24H41FN3O10PS2. The Labute approximate surface area is 247 Å². The van der Waals surface area contributed by atoms with Gasteiger partial charge in [0.05, 0.1) is 19.8 Å². The lowest BCUT2D eigenvalue weighted by atomic mass is 9.96. The number of hydrogen-bond acceptors (Lipinski definition) is 13. The first-order chi connectivity index (χ1) is 18.8. The highest BCUT2D eigenvalue weighted by Crippen LogP contribution is 2.50. The topological polar surface area (TPSA) is 189 Å². The number of nitrogens with one attached hydrogen (secondary N) is 1. The Hall–Kier alpha value is -1.36. The lowest BCUT2D eigenvalue weighted by Crippen LogP contribution is -2.57. The van der Waals surface area contributed by atoms with Crippen molar-refractivity contribution in [1.29, 1.82) is 0 Å². The standard InChI is InChI=1S/C24H41FN3O10PS2/c1-22(2,3)19(31)40-12-10-36-39(34,37-11-13-41-20(32)23(4,5)6)38-15-24(14-26,35-7)17(30)18(25)28-9-8-16(29)27-21(28)33/h8-9,17-18,30H,10-15,26H2,1-7H3,(H,27,29,33)/t17-,18-,24+/m0/s1. The smallest absolute Gasteiger partial charge is 0.385 e. The Bertz CT molecular complexity index is 1140. The summed E-state index contributed by atoms with van der Waals surface area (Å²) in [4.78, 5) is 49.6. The number of nitrogens with zero attached hydrogens (tertiary/aromatic N) is 1. The molecule has 1 aromatic rings. The SMILES string of the molecule is CO[C@](CN)(COP(=O)(OCCSC(=O)C(C)(C)C)OCCSC(=O)C(C)(C)C)[C@@H](O)[C@@H](F)n1ccc(=O)[nH]c1=O. The number of phosphoric acid groups is 1. The Morgan fingerprint density at radius 2 is 1.54 bits per heavy atom. The van der Waals surface area contributed by atoms with Crippen LogP contribution < -0.4 is 17.0 Å². The molecule has 41 heavy (non-hydrogen) atoms. The van der Waals surface area contributed by atoms with E-state index in [0.717, 1.165) is 42.9 Å². The van der Waals surface area contributed by atoms with Gasteiger partial charge >= 0.3 is 13.5 Å². The van der Waals surface area contributed by atoms with Crippen molar-refractivity contribution in [3.63, 3.8) is 0 Å². The first-order valence-electron chi connectivity index (χ1n) is 12.6. The lowest BCUT2D eigenvalue weighted by Gasteiger charge is -2.37. The summed E-state index contributed by atoms with van der Waals surface area (Å²) in [5.41, 5.74) is 0.623. The molecule has 236 valence electrons. The lowest BCUT2D eigenvalue weighted by molar-refractivity contribution is -0.157. The van der Waals surface area contributed by atoms with Crippen LogP contribution in [0.3, 0.4) is 0 Å². The minimum Gasteiger partial charge on any atom is -0.385 e. The van der Waals surface area contributed by atoms with Crippen molar-refractivity contribution < 1.29 is 42.0 Å². The van der Waals surface area contributed by atoms with Gasteiger partial charge in [0.2, 0.25) is 6.30 Å². The summed E-state index contributed by atoms with van der Waals surface area (Å²) >= 11 is 1.93. The summed E-state index contributed by atoms with van der Waals surface area (Å²) in [5.74, 6) is 0.224. The number of alkyl halides is 1. The highest BCUT2D eigenvalue weighted by Gasteiger charge is 2.46. The predicted molar refractivity (Wildman–Crippen MR) is 156 cm³/mol. The highest BCUT2D eigenvalue weighted by atomic mass is 32.2. The molecule has 0 aromatic carbocycles. The second-order valence-corrected chi connectivity index (χ2v) is 14.8. The van der Waals surface area contributed by atoms with E-state index in [1.165, 1.54) is 0 Å². The van der Waals surface area contributed by atoms with Gasteiger partial charge in [0, 0.05) is 48.3 Å². The molecule has 0 fully saturated rings. The average Bonchev–Trinajstić information content (AvgIpc) is 2.88. The number of thioether (sulfide) groups is 2.